The fourth-order valence-electron chi connectivity index (χ4n) is 1.46. The van der Waals surface area contributed by atoms with Crippen LogP contribution in [0, 0.1) is 0 Å². The van der Waals surface area contributed by atoms with Crippen LogP contribution in [-0.2, 0) is 9.59 Å². The summed E-state index contributed by atoms with van der Waals surface area (Å²) < 4.78 is 0. The molecule has 18 heavy (non-hydrogen) atoms. The molecule has 0 saturated heterocycles. The Balaban J connectivity index is 4.15. The van der Waals surface area contributed by atoms with E-state index in [4.69, 9.17) is 15.3 Å². The number of rotatable bonds is 9. The van der Waals surface area contributed by atoms with E-state index in [9.17, 15) is 9.59 Å². The van der Waals surface area contributed by atoms with Gasteiger partial charge in [0.05, 0.1) is 17.3 Å². The van der Waals surface area contributed by atoms with Crippen LogP contribution in [0.2, 0.25) is 0 Å². The number of aliphatic hydroxyl groups excluding tert-OH is 1. The first kappa shape index (κ1) is 16.4. The lowest BCUT2D eigenvalue weighted by Gasteiger charge is -2.04. The zero-order valence-electron chi connectivity index (χ0n) is 10.6. The molecule has 5 nitrogen and oxygen atoms in total. The van der Waals surface area contributed by atoms with Crippen molar-refractivity contribution >= 4 is 11.9 Å². The molecule has 3 N–H and O–H groups in total. The van der Waals surface area contributed by atoms with Gasteiger partial charge < -0.3 is 15.3 Å². The fourth-order valence-corrected chi connectivity index (χ4v) is 1.46. The Kier molecular flexibility index (Phi) is 7.71. The van der Waals surface area contributed by atoms with Gasteiger partial charge in [-0.1, -0.05) is 25.5 Å². The highest BCUT2D eigenvalue weighted by Crippen LogP contribution is 2.12. The predicted molar refractivity (Wildman–Crippen MR) is 67.3 cm³/mol. The predicted octanol–water partition coefficient (Wildman–Crippen LogP) is 1.97. The highest BCUT2D eigenvalue weighted by Gasteiger charge is 2.16. The van der Waals surface area contributed by atoms with Crippen molar-refractivity contribution < 1.29 is 24.9 Å². The lowest BCUT2D eigenvalue weighted by Crippen LogP contribution is -2.10. The number of hydrogen-bond donors (Lipinski definition) is 3. The number of aliphatic hydroxyl groups is 1. The average Bonchev–Trinajstić information content (AvgIpc) is 2.26. The summed E-state index contributed by atoms with van der Waals surface area (Å²) in [6.07, 6.45) is 4.78. The topological polar surface area (TPSA) is 94.8 Å². The van der Waals surface area contributed by atoms with Gasteiger partial charge >= 0.3 is 11.9 Å². The van der Waals surface area contributed by atoms with E-state index >= 15 is 0 Å². The van der Waals surface area contributed by atoms with Crippen LogP contribution in [0.1, 0.15) is 39.0 Å². The van der Waals surface area contributed by atoms with Crippen molar-refractivity contribution in [1.82, 2.24) is 0 Å². The summed E-state index contributed by atoms with van der Waals surface area (Å²) in [5, 5.41) is 26.6. The van der Waals surface area contributed by atoms with Crippen molar-refractivity contribution in [2.75, 3.05) is 0 Å². The Bertz CT molecular complexity index is 341. The molecule has 0 aliphatic rings. The maximum absolute atomic E-state index is 10.8. The Morgan fingerprint density at radius 3 is 2.22 bits per heavy atom. The highest BCUT2D eigenvalue weighted by molar-refractivity contribution is 6.04. The summed E-state index contributed by atoms with van der Waals surface area (Å²) in [6.45, 7) is 4.95. The molecule has 0 rings (SSSR count). The van der Waals surface area contributed by atoms with E-state index in [0.29, 0.717) is 6.42 Å². The van der Waals surface area contributed by atoms with Gasteiger partial charge in [0, 0.05) is 0 Å². The number of carbonyl (C=O) groups is 2. The van der Waals surface area contributed by atoms with Crippen LogP contribution in [0.3, 0.4) is 0 Å². The van der Waals surface area contributed by atoms with Crippen molar-refractivity contribution in [1.29, 1.82) is 0 Å². The molecule has 5 heteroatoms. The lowest BCUT2D eigenvalue weighted by molar-refractivity contribution is -0.136. The van der Waals surface area contributed by atoms with E-state index in [1.807, 2.05) is 0 Å². The molecular weight excluding hydrogens is 236 g/mol. The molecule has 0 aliphatic carbocycles. The largest absolute Gasteiger partial charge is 0.478 e. The first-order chi connectivity index (χ1) is 8.36. The van der Waals surface area contributed by atoms with Crippen molar-refractivity contribution in [3.8, 4) is 0 Å². The fraction of sp³-hybridized carbons (Fsp3) is 0.538. The zero-order valence-corrected chi connectivity index (χ0v) is 10.6. The quantitative estimate of drug-likeness (QED) is 0.333. The minimum atomic E-state index is -1.32. The van der Waals surface area contributed by atoms with Crippen LogP contribution >= 0.6 is 0 Å². The zero-order chi connectivity index (χ0) is 14.1. The summed E-state index contributed by atoms with van der Waals surface area (Å²) >= 11 is 0. The van der Waals surface area contributed by atoms with Gasteiger partial charge in [-0.05, 0) is 26.2 Å². The summed E-state index contributed by atoms with van der Waals surface area (Å²) in [4.78, 5) is 21.5. The molecular formula is C13H20O5. The Labute approximate surface area is 106 Å². The molecule has 0 aliphatic heterocycles. The van der Waals surface area contributed by atoms with E-state index in [0.717, 1.165) is 25.7 Å². The molecule has 102 valence electrons. The third kappa shape index (κ3) is 6.85. The molecule has 0 heterocycles. The van der Waals surface area contributed by atoms with E-state index in [2.05, 4.69) is 6.58 Å². The number of carboxylic acids is 2. The van der Waals surface area contributed by atoms with Crippen molar-refractivity contribution in [2.24, 2.45) is 0 Å². The molecule has 1 atom stereocenters. The van der Waals surface area contributed by atoms with Crippen LogP contribution in [0.5, 0.6) is 0 Å². The number of aliphatic carboxylic acids is 2. The van der Waals surface area contributed by atoms with Gasteiger partial charge in [0.1, 0.15) is 0 Å². The van der Waals surface area contributed by atoms with Crippen LogP contribution in [-0.4, -0.2) is 33.4 Å². The Morgan fingerprint density at radius 1 is 1.17 bits per heavy atom. The van der Waals surface area contributed by atoms with Crippen LogP contribution < -0.4 is 0 Å². The Morgan fingerprint density at radius 2 is 1.78 bits per heavy atom. The number of hydrogen-bond acceptors (Lipinski definition) is 3. The second-order valence-corrected chi connectivity index (χ2v) is 4.19. The van der Waals surface area contributed by atoms with E-state index in [1.165, 1.54) is 6.08 Å². The molecule has 0 aromatic heterocycles. The molecule has 0 bridgehead atoms. The third-order valence-electron chi connectivity index (χ3n) is 2.49. The van der Waals surface area contributed by atoms with Crippen LogP contribution in [0.4, 0.5) is 0 Å². The molecule has 0 fully saturated rings. The van der Waals surface area contributed by atoms with Crippen molar-refractivity contribution in [3.05, 3.63) is 23.8 Å². The molecule has 0 saturated carbocycles. The smallest absolute Gasteiger partial charge is 0.336 e. The monoisotopic (exact) mass is 256 g/mol. The van der Waals surface area contributed by atoms with Crippen molar-refractivity contribution in [2.45, 2.75) is 45.1 Å². The molecule has 0 aromatic rings. The molecule has 0 spiro atoms. The van der Waals surface area contributed by atoms with E-state index in [-0.39, 0.29) is 11.7 Å². The summed E-state index contributed by atoms with van der Waals surface area (Å²) in [6, 6.07) is 0. The van der Waals surface area contributed by atoms with Gasteiger partial charge in [0.15, 0.2) is 0 Å². The second kappa shape index (κ2) is 8.47. The average molecular weight is 256 g/mol. The minimum Gasteiger partial charge on any atom is -0.478 e. The third-order valence-corrected chi connectivity index (χ3v) is 2.49. The van der Waals surface area contributed by atoms with Gasteiger partial charge in [0.2, 0.25) is 0 Å². The maximum Gasteiger partial charge on any atom is 0.336 e. The first-order valence-corrected chi connectivity index (χ1v) is 5.90. The maximum atomic E-state index is 10.8. The summed E-state index contributed by atoms with van der Waals surface area (Å²) in [7, 11) is 0. The van der Waals surface area contributed by atoms with Crippen LogP contribution in [0.15, 0.2) is 23.8 Å². The Hall–Kier alpha value is -1.62. The molecule has 0 amide bonds. The number of carboxylic acid groups (broad SMARTS) is 2. The van der Waals surface area contributed by atoms with Gasteiger partial charge in [-0.2, -0.15) is 0 Å². The summed E-state index contributed by atoms with van der Waals surface area (Å²) in [5.41, 5.74) is -0.649. The van der Waals surface area contributed by atoms with Gasteiger partial charge in [0.25, 0.3) is 0 Å². The van der Waals surface area contributed by atoms with Gasteiger partial charge in [-0.25, -0.2) is 9.59 Å². The van der Waals surface area contributed by atoms with Gasteiger partial charge in [-0.3, -0.25) is 0 Å². The standard InChI is InChI=1S/C13H20O5/c1-9(14)7-5-3-4-6-8-11(13(17)18)10(2)12(15)16/h8-9,14H,2-7H2,1H3,(H,15,16)(H,17,18). The normalized spacial score (nSPS) is 13.1. The molecule has 0 radical (unpaired) electrons. The van der Waals surface area contributed by atoms with Crippen molar-refractivity contribution in [3.63, 3.8) is 0 Å². The minimum absolute atomic E-state index is 0.252. The van der Waals surface area contributed by atoms with Gasteiger partial charge in [-0.15, -0.1) is 0 Å². The number of allylic oxidation sites excluding steroid dienone is 1. The second-order valence-electron chi connectivity index (χ2n) is 4.19. The lowest BCUT2D eigenvalue weighted by atomic mass is 10.0. The molecule has 1 unspecified atom stereocenters. The molecule has 0 aromatic carbocycles. The van der Waals surface area contributed by atoms with Crippen LogP contribution in [0.25, 0.3) is 0 Å². The number of unbranched alkanes of at least 4 members (excludes halogenated alkanes) is 3. The highest BCUT2D eigenvalue weighted by atomic mass is 16.4. The SMILES string of the molecule is C=C(C(=O)O)C(=CCCCCCC(C)O)C(=O)O. The van der Waals surface area contributed by atoms with E-state index in [1.54, 1.807) is 6.92 Å². The van der Waals surface area contributed by atoms with E-state index < -0.39 is 17.5 Å². The summed E-state index contributed by atoms with van der Waals surface area (Å²) in [5.74, 6) is -2.59. The first-order valence-electron chi connectivity index (χ1n) is 5.90.